The van der Waals surface area contributed by atoms with Crippen LogP contribution in [0, 0.1) is 23.2 Å². The van der Waals surface area contributed by atoms with Gasteiger partial charge in [-0.1, -0.05) is 34.6 Å². The van der Waals surface area contributed by atoms with E-state index in [1.54, 1.807) is 0 Å². The van der Waals surface area contributed by atoms with E-state index in [0.29, 0.717) is 17.6 Å². The zero-order valence-electron chi connectivity index (χ0n) is 10.3. The third kappa shape index (κ3) is 2.18. The quantitative estimate of drug-likeness (QED) is 0.658. The zero-order chi connectivity index (χ0) is 10.9. The summed E-state index contributed by atoms with van der Waals surface area (Å²) in [4.78, 5) is 11.9. The lowest BCUT2D eigenvalue weighted by Crippen LogP contribution is -2.38. The highest BCUT2D eigenvalue weighted by atomic mass is 16.1. The van der Waals surface area contributed by atoms with Crippen molar-refractivity contribution in [2.75, 3.05) is 0 Å². The van der Waals surface area contributed by atoms with Crippen molar-refractivity contribution >= 4 is 5.78 Å². The molecule has 1 aliphatic carbocycles. The molecule has 1 saturated carbocycles. The Hall–Kier alpha value is -0.330. The van der Waals surface area contributed by atoms with Gasteiger partial charge in [0.15, 0.2) is 0 Å². The summed E-state index contributed by atoms with van der Waals surface area (Å²) in [7, 11) is 0. The van der Waals surface area contributed by atoms with Crippen LogP contribution in [0.5, 0.6) is 0 Å². The predicted octanol–water partition coefficient (Wildman–Crippen LogP) is 3.67. The Morgan fingerprint density at radius 2 is 1.93 bits per heavy atom. The highest BCUT2D eigenvalue weighted by Crippen LogP contribution is 2.42. The average Bonchev–Trinajstić information content (AvgIpc) is 2.08. The van der Waals surface area contributed by atoms with Crippen molar-refractivity contribution in [1.82, 2.24) is 0 Å². The monoisotopic (exact) mass is 196 g/mol. The first-order valence-corrected chi connectivity index (χ1v) is 5.88. The van der Waals surface area contributed by atoms with Crippen LogP contribution in [0.25, 0.3) is 0 Å². The lowest BCUT2D eigenvalue weighted by Gasteiger charge is -2.40. The summed E-state index contributed by atoms with van der Waals surface area (Å²) in [5.41, 5.74) is 0.172. The molecule has 1 fully saturated rings. The summed E-state index contributed by atoms with van der Waals surface area (Å²) < 4.78 is 0. The summed E-state index contributed by atoms with van der Waals surface area (Å²) in [6.45, 7) is 11.2. The first-order chi connectivity index (χ1) is 6.35. The Labute approximate surface area is 88.3 Å². The molecule has 1 rings (SSSR count). The smallest absolute Gasteiger partial charge is 0.136 e. The fourth-order valence-corrected chi connectivity index (χ4v) is 2.34. The van der Waals surface area contributed by atoms with E-state index in [9.17, 15) is 4.79 Å². The first kappa shape index (κ1) is 11.7. The molecule has 0 radical (unpaired) electrons. The van der Waals surface area contributed by atoms with Crippen molar-refractivity contribution in [1.29, 1.82) is 0 Å². The van der Waals surface area contributed by atoms with Gasteiger partial charge in [-0.3, -0.25) is 4.79 Å². The molecule has 0 unspecified atom stereocenters. The van der Waals surface area contributed by atoms with E-state index >= 15 is 0 Å². The van der Waals surface area contributed by atoms with Gasteiger partial charge in [0.05, 0.1) is 0 Å². The lowest BCUT2D eigenvalue weighted by molar-refractivity contribution is -0.131. The van der Waals surface area contributed by atoms with Crippen molar-refractivity contribution < 1.29 is 4.79 Å². The minimum absolute atomic E-state index is 0.172. The van der Waals surface area contributed by atoms with Gasteiger partial charge in [-0.25, -0.2) is 0 Å². The molecule has 1 nitrogen and oxygen atoms in total. The van der Waals surface area contributed by atoms with Crippen LogP contribution in [0.3, 0.4) is 0 Å². The van der Waals surface area contributed by atoms with Gasteiger partial charge in [-0.05, 0) is 30.1 Å². The molecule has 0 bridgehead atoms. The number of ketones is 1. The van der Waals surface area contributed by atoms with Crippen molar-refractivity contribution in [2.45, 2.75) is 53.9 Å². The van der Waals surface area contributed by atoms with Gasteiger partial charge in [0.1, 0.15) is 5.78 Å². The van der Waals surface area contributed by atoms with Gasteiger partial charge in [0, 0.05) is 12.3 Å². The minimum atomic E-state index is 0.172. The standard InChI is InChI=1S/C13H24O/c1-9(2)13(4,5)11-8-10(3)6-7-12(11)14/h9-11H,6-8H2,1-5H3/t10-,11+/m0/s1. The molecule has 0 N–H and O–H groups in total. The second kappa shape index (κ2) is 4.04. The third-order valence-corrected chi connectivity index (χ3v) is 4.30. The molecule has 0 aromatic rings. The van der Waals surface area contributed by atoms with Gasteiger partial charge < -0.3 is 0 Å². The molecular weight excluding hydrogens is 172 g/mol. The maximum Gasteiger partial charge on any atom is 0.136 e. The normalized spacial score (nSPS) is 29.7. The molecule has 0 amide bonds. The number of hydrogen-bond donors (Lipinski definition) is 0. The zero-order valence-corrected chi connectivity index (χ0v) is 10.3. The number of carbonyl (C=O) groups excluding carboxylic acids is 1. The van der Waals surface area contributed by atoms with Crippen molar-refractivity contribution in [2.24, 2.45) is 23.2 Å². The second-order valence-corrected chi connectivity index (χ2v) is 5.87. The lowest BCUT2D eigenvalue weighted by atomic mass is 9.63. The molecule has 0 heterocycles. The van der Waals surface area contributed by atoms with E-state index in [4.69, 9.17) is 0 Å². The molecule has 0 spiro atoms. The number of carbonyl (C=O) groups is 1. The average molecular weight is 196 g/mol. The predicted molar refractivity (Wildman–Crippen MR) is 60.1 cm³/mol. The highest BCUT2D eigenvalue weighted by Gasteiger charge is 2.39. The second-order valence-electron chi connectivity index (χ2n) is 5.87. The Balaban J connectivity index is 2.78. The summed E-state index contributed by atoms with van der Waals surface area (Å²) >= 11 is 0. The Kier molecular flexibility index (Phi) is 3.39. The van der Waals surface area contributed by atoms with E-state index in [0.717, 1.165) is 25.2 Å². The van der Waals surface area contributed by atoms with Crippen LogP contribution in [0.15, 0.2) is 0 Å². The maximum absolute atomic E-state index is 11.9. The van der Waals surface area contributed by atoms with Crippen molar-refractivity contribution in [3.05, 3.63) is 0 Å². The Morgan fingerprint density at radius 3 is 2.43 bits per heavy atom. The number of rotatable bonds is 2. The van der Waals surface area contributed by atoms with Crippen LogP contribution >= 0.6 is 0 Å². The van der Waals surface area contributed by atoms with Gasteiger partial charge >= 0.3 is 0 Å². The molecular formula is C13H24O. The maximum atomic E-state index is 11.9. The van der Waals surface area contributed by atoms with Crippen LogP contribution in [0.2, 0.25) is 0 Å². The highest BCUT2D eigenvalue weighted by molar-refractivity contribution is 5.82. The summed E-state index contributed by atoms with van der Waals surface area (Å²) in [5, 5.41) is 0. The Bertz CT molecular complexity index is 215. The van der Waals surface area contributed by atoms with E-state index in [1.807, 2.05) is 0 Å². The van der Waals surface area contributed by atoms with Crippen molar-refractivity contribution in [3.8, 4) is 0 Å². The summed E-state index contributed by atoms with van der Waals surface area (Å²) in [6.07, 6.45) is 3.01. The number of hydrogen-bond acceptors (Lipinski definition) is 1. The van der Waals surface area contributed by atoms with E-state index in [1.165, 1.54) is 0 Å². The van der Waals surface area contributed by atoms with Crippen molar-refractivity contribution in [3.63, 3.8) is 0 Å². The SMILES string of the molecule is CC(C)C(C)(C)[C@@H]1C[C@@H](C)CCC1=O. The topological polar surface area (TPSA) is 17.1 Å². The van der Waals surface area contributed by atoms with Crippen LogP contribution in [-0.4, -0.2) is 5.78 Å². The van der Waals surface area contributed by atoms with Gasteiger partial charge in [0.25, 0.3) is 0 Å². The molecule has 0 saturated heterocycles. The fraction of sp³-hybridized carbons (Fsp3) is 0.923. The Morgan fingerprint density at radius 1 is 1.36 bits per heavy atom. The molecule has 0 aromatic heterocycles. The largest absolute Gasteiger partial charge is 0.299 e. The van der Waals surface area contributed by atoms with Gasteiger partial charge in [0.2, 0.25) is 0 Å². The minimum Gasteiger partial charge on any atom is -0.299 e. The summed E-state index contributed by atoms with van der Waals surface area (Å²) in [6, 6.07) is 0. The molecule has 0 aliphatic heterocycles. The van der Waals surface area contributed by atoms with Crippen LogP contribution in [-0.2, 0) is 4.79 Å². The molecule has 0 aromatic carbocycles. The molecule has 1 aliphatic rings. The van der Waals surface area contributed by atoms with Gasteiger partial charge in [-0.15, -0.1) is 0 Å². The molecule has 1 heteroatoms. The molecule has 82 valence electrons. The van der Waals surface area contributed by atoms with Crippen LogP contribution in [0.4, 0.5) is 0 Å². The molecule has 14 heavy (non-hydrogen) atoms. The van der Waals surface area contributed by atoms with Gasteiger partial charge in [-0.2, -0.15) is 0 Å². The summed E-state index contributed by atoms with van der Waals surface area (Å²) in [5.74, 6) is 2.12. The van der Waals surface area contributed by atoms with E-state index in [-0.39, 0.29) is 5.41 Å². The van der Waals surface area contributed by atoms with E-state index in [2.05, 4.69) is 34.6 Å². The van der Waals surface area contributed by atoms with E-state index < -0.39 is 0 Å². The fourth-order valence-electron chi connectivity index (χ4n) is 2.34. The third-order valence-electron chi connectivity index (χ3n) is 4.30. The number of Topliss-reactive ketones (excluding diaryl/α,β-unsaturated/α-hetero) is 1. The van der Waals surface area contributed by atoms with Crippen LogP contribution < -0.4 is 0 Å². The molecule has 2 atom stereocenters. The van der Waals surface area contributed by atoms with Crippen LogP contribution in [0.1, 0.15) is 53.9 Å². The first-order valence-electron chi connectivity index (χ1n) is 5.88.